The molecule has 0 fully saturated rings. The summed E-state index contributed by atoms with van der Waals surface area (Å²) >= 11 is 0. The predicted molar refractivity (Wildman–Crippen MR) is 140 cm³/mol. The number of hydrogen-bond donors (Lipinski definition) is 4. The second kappa shape index (κ2) is 12.6. The van der Waals surface area contributed by atoms with E-state index < -0.39 is 17.9 Å². The van der Waals surface area contributed by atoms with Gasteiger partial charge in [-0.3, -0.25) is 20.4 Å². The minimum atomic E-state index is -0.750. The second-order valence-electron chi connectivity index (χ2n) is 8.32. The van der Waals surface area contributed by atoms with Gasteiger partial charge in [-0.2, -0.15) is 5.26 Å². The Morgan fingerprint density at radius 3 is 2.33 bits per heavy atom. The summed E-state index contributed by atoms with van der Waals surface area (Å²) in [7, 11) is 0. The molecular formula is C29H24N4O6. The van der Waals surface area contributed by atoms with Crippen molar-refractivity contribution >= 4 is 17.9 Å². The highest BCUT2D eigenvalue weighted by molar-refractivity contribution is 6.01. The molecule has 4 N–H and O–H groups in total. The van der Waals surface area contributed by atoms with Crippen LogP contribution in [0.3, 0.4) is 0 Å². The molecule has 0 saturated heterocycles. The van der Waals surface area contributed by atoms with Gasteiger partial charge in [0.05, 0.1) is 11.8 Å². The number of hydrogen-bond acceptors (Lipinski definition) is 7. The first-order valence-electron chi connectivity index (χ1n) is 11.9. The van der Waals surface area contributed by atoms with Crippen LogP contribution in [-0.2, 0) is 17.8 Å². The Labute approximate surface area is 223 Å². The molecule has 0 saturated carbocycles. The number of phenolic OH excluding ortho intramolecular Hbond substituents is 1. The molecule has 39 heavy (non-hydrogen) atoms. The third-order valence-corrected chi connectivity index (χ3v) is 5.69. The summed E-state index contributed by atoms with van der Waals surface area (Å²) in [5.41, 5.74) is 7.09. The van der Waals surface area contributed by atoms with Crippen LogP contribution in [0.15, 0.2) is 89.5 Å². The number of furan rings is 1. The van der Waals surface area contributed by atoms with Crippen molar-refractivity contribution in [2.45, 2.75) is 13.0 Å². The SMILES string of the molecule is N#Cc1cc(C(=O)NNC(=O)c2occ(COC(=O)NCCc3ccccc3)c2-c2ccccc2)ccc1O. The van der Waals surface area contributed by atoms with E-state index in [4.69, 9.17) is 14.4 Å². The molecule has 196 valence electrons. The van der Waals surface area contributed by atoms with Gasteiger partial charge in [-0.15, -0.1) is 0 Å². The molecule has 0 atom stereocenters. The van der Waals surface area contributed by atoms with E-state index >= 15 is 0 Å². The summed E-state index contributed by atoms with van der Waals surface area (Å²) < 4.78 is 10.9. The molecule has 0 bridgehead atoms. The maximum Gasteiger partial charge on any atom is 0.407 e. The normalized spacial score (nSPS) is 10.2. The van der Waals surface area contributed by atoms with E-state index in [-0.39, 0.29) is 29.2 Å². The number of nitriles is 1. The number of nitrogens with one attached hydrogen (secondary N) is 3. The van der Waals surface area contributed by atoms with Crippen molar-refractivity contribution < 1.29 is 28.6 Å². The van der Waals surface area contributed by atoms with Crippen LogP contribution in [0, 0.1) is 11.3 Å². The number of alkyl carbamates (subject to hydrolysis) is 1. The van der Waals surface area contributed by atoms with Gasteiger partial charge in [0.1, 0.15) is 18.4 Å². The van der Waals surface area contributed by atoms with Crippen LogP contribution in [0.4, 0.5) is 4.79 Å². The monoisotopic (exact) mass is 524 g/mol. The minimum Gasteiger partial charge on any atom is -0.507 e. The van der Waals surface area contributed by atoms with E-state index in [9.17, 15) is 19.5 Å². The zero-order valence-corrected chi connectivity index (χ0v) is 20.6. The molecule has 0 aliphatic carbocycles. The molecule has 4 rings (SSSR count). The van der Waals surface area contributed by atoms with Gasteiger partial charge in [0, 0.05) is 23.2 Å². The number of hydrazine groups is 1. The third kappa shape index (κ3) is 6.81. The number of benzene rings is 3. The third-order valence-electron chi connectivity index (χ3n) is 5.69. The molecule has 0 aliphatic heterocycles. The van der Waals surface area contributed by atoms with Crippen molar-refractivity contribution in [2.75, 3.05) is 6.54 Å². The largest absolute Gasteiger partial charge is 0.507 e. The maximum absolute atomic E-state index is 12.9. The fourth-order valence-corrected chi connectivity index (χ4v) is 3.75. The molecule has 3 aromatic carbocycles. The molecule has 0 spiro atoms. The lowest BCUT2D eigenvalue weighted by molar-refractivity contribution is 0.0831. The fraction of sp³-hybridized carbons (Fsp3) is 0.103. The average molecular weight is 525 g/mol. The van der Waals surface area contributed by atoms with Crippen LogP contribution in [0.1, 0.15) is 37.6 Å². The first kappa shape index (κ1) is 26.5. The van der Waals surface area contributed by atoms with E-state index in [1.807, 2.05) is 36.4 Å². The number of carbonyl (C=O) groups is 3. The zero-order valence-electron chi connectivity index (χ0n) is 20.6. The van der Waals surface area contributed by atoms with Crippen molar-refractivity contribution in [1.29, 1.82) is 5.26 Å². The molecule has 0 radical (unpaired) electrons. The van der Waals surface area contributed by atoms with Crippen molar-refractivity contribution in [3.05, 3.63) is 113 Å². The van der Waals surface area contributed by atoms with Gasteiger partial charge in [-0.05, 0) is 35.7 Å². The number of carbonyl (C=O) groups excluding carboxylic acids is 3. The van der Waals surface area contributed by atoms with Gasteiger partial charge in [0.25, 0.3) is 5.91 Å². The van der Waals surface area contributed by atoms with E-state index in [1.54, 1.807) is 30.3 Å². The number of rotatable bonds is 8. The number of aromatic hydroxyl groups is 1. The highest BCUT2D eigenvalue weighted by Crippen LogP contribution is 2.30. The number of amides is 3. The molecule has 3 amide bonds. The second-order valence-corrected chi connectivity index (χ2v) is 8.32. The van der Waals surface area contributed by atoms with Crippen molar-refractivity contribution in [3.8, 4) is 22.9 Å². The molecule has 1 aromatic heterocycles. The topological polar surface area (TPSA) is 154 Å². The van der Waals surface area contributed by atoms with Gasteiger partial charge < -0.3 is 19.6 Å². The Hall–Kier alpha value is -5.56. The van der Waals surface area contributed by atoms with E-state index in [0.29, 0.717) is 29.7 Å². The maximum atomic E-state index is 12.9. The average Bonchev–Trinajstić information content (AvgIpc) is 3.40. The Morgan fingerprint density at radius 2 is 1.62 bits per heavy atom. The minimum absolute atomic E-state index is 0.0553. The molecule has 10 nitrogen and oxygen atoms in total. The summed E-state index contributed by atoms with van der Waals surface area (Å²) in [5, 5.41) is 21.4. The Kier molecular flexibility index (Phi) is 8.56. The fourth-order valence-electron chi connectivity index (χ4n) is 3.75. The summed E-state index contributed by atoms with van der Waals surface area (Å²) in [5.74, 6) is -1.82. The van der Waals surface area contributed by atoms with Crippen LogP contribution in [-0.4, -0.2) is 29.6 Å². The first-order valence-corrected chi connectivity index (χ1v) is 11.9. The highest BCUT2D eigenvalue weighted by Gasteiger charge is 2.23. The Morgan fingerprint density at radius 1 is 0.923 bits per heavy atom. The summed E-state index contributed by atoms with van der Waals surface area (Å²) in [4.78, 5) is 37.7. The van der Waals surface area contributed by atoms with Crippen molar-refractivity contribution in [3.63, 3.8) is 0 Å². The van der Waals surface area contributed by atoms with Gasteiger partial charge in [0.2, 0.25) is 5.76 Å². The number of nitrogens with zero attached hydrogens (tertiary/aromatic N) is 1. The van der Waals surface area contributed by atoms with E-state index in [1.165, 1.54) is 24.5 Å². The number of ether oxygens (including phenoxy) is 1. The lowest BCUT2D eigenvalue weighted by atomic mass is 10.0. The summed E-state index contributed by atoms with van der Waals surface area (Å²) in [6.45, 7) is 0.235. The quantitative estimate of drug-likeness (QED) is 0.253. The van der Waals surface area contributed by atoms with Crippen molar-refractivity contribution in [1.82, 2.24) is 16.2 Å². The van der Waals surface area contributed by atoms with Gasteiger partial charge in [0.15, 0.2) is 0 Å². The molecule has 0 unspecified atom stereocenters. The summed E-state index contributed by atoms with van der Waals surface area (Å²) in [6.07, 6.45) is 1.35. The highest BCUT2D eigenvalue weighted by atomic mass is 16.5. The molecule has 10 heteroatoms. The van der Waals surface area contributed by atoms with Gasteiger partial charge in [-0.1, -0.05) is 60.7 Å². The van der Waals surface area contributed by atoms with Crippen LogP contribution in [0.5, 0.6) is 5.75 Å². The molecule has 0 aliphatic rings. The van der Waals surface area contributed by atoms with E-state index in [0.717, 1.165) is 5.56 Å². The lowest BCUT2D eigenvalue weighted by Crippen LogP contribution is -2.41. The number of phenols is 1. The summed E-state index contributed by atoms with van der Waals surface area (Å²) in [6, 6.07) is 24.1. The standard InChI is InChI=1S/C29H24N4O6/c30-16-22-15-21(11-12-24(22)34)27(35)32-33-28(36)26-25(20-9-5-2-6-10-20)23(17-38-26)18-39-29(37)31-14-13-19-7-3-1-4-8-19/h1-12,15,17,34H,13-14,18H2,(H,31,37)(H,32,35)(H,33,36). The van der Waals surface area contributed by atoms with Crippen LogP contribution in [0.25, 0.3) is 11.1 Å². The molecule has 4 aromatic rings. The Bertz CT molecular complexity index is 1510. The van der Waals surface area contributed by atoms with Crippen LogP contribution in [0.2, 0.25) is 0 Å². The smallest absolute Gasteiger partial charge is 0.407 e. The lowest BCUT2D eigenvalue weighted by Gasteiger charge is -2.10. The Balaban J connectivity index is 1.41. The zero-order chi connectivity index (χ0) is 27.6. The predicted octanol–water partition coefficient (Wildman–Crippen LogP) is 4.07. The molecule has 1 heterocycles. The van der Waals surface area contributed by atoms with Gasteiger partial charge in [-0.25, -0.2) is 4.79 Å². The van der Waals surface area contributed by atoms with Crippen molar-refractivity contribution in [2.24, 2.45) is 0 Å². The first-order chi connectivity index (χ1) is 19.0. The van der Waals surface area contributed by atoms with Gasteiger partial charge >= 0.3 is 12.0 Å². The van der Waals surface area contributed by atoms with E-state index in [2.05, 4.69) is 16.2 Å². The van der Waals surface area contributed by atoms with Crippen LogP contribution < -0.4 is 16.2 Å². The molecular weight excluding hydrogens is 500 g/mol. The van der Waals surface area contributed by atoms with Crippen LogP contribution >= 0.6 is 0 Å².